The van der Waals surface area contributed by atoms with Gasteiger partial charge >= 0.3 is 0 Å². The zero-order valence-corrected chi connectivity index (χ0v) is 12.1. The van der Waals surface area contributed by atoms with Crippen LogP contribution in [0.3, 0.4) is 0 Å². The van der Waals surface area contributed by atoms with Crippen LogP contribution in [0.4, 0.5) is 5.69 Å². The first-order valence-electron chi connectivity index (χ1n) is 6.62. The molecule has 0 aromatic heterocycles. The van der Waals surface area contributed by atoms with Gasteiger partial charge in [0.2, 0.25) is 0 Å². The second-order valence-corrected chi connectivity index (χ2v) is 5.04. The lowest BCUT2D eigenvalue weighted by Gasteiger charge is -2.18. The first-order chi connectivity index (χ1) is 10.0. The van der Waals surface area contributed by atoms with E-state index in [0.29, 0.717) is 23.4 Å². The minimum Gasteiger partial charge on any atom is -0.399 e. The molecule has 2 N–H and O–H groups in total. The molecule has 0 saturated heterocycles. The van der Waals surface area contributed by atoms with E-state index in [1.54, 1.807) is 42.3 Å². The van der Waals surface area contributed by atoms with E-state index in [2.05, 4.69) is 6.07 Å². The van der Waals surface area contributed by atoms with Crippen LogP contribution in [0.2, 0.25) is 0 Å². The summed E-state index contributed by atoms with van der Waals surface area (Å²) in [5.74, 6) is -0.0690. The SMILES string of the molecule is Cc1cc(C(=O)N(C)Cc2cccc(C#N)c2)ccc1N. The third kappa shape index (κ3) is 3.40. The molecule has 0 atom stereocenters. The largest absolute Gasteiger partial charge is 0.399 e. The van der Waals surface area contributed by atoms with Gasteiger partial charge in [-0.3, -0.25) is 4.79 Å². The first kappa shape index (κ1) is 14.6. The number of aryl methyl sites for hydroxylation is 1. The van der Waals surface area contributed by atoms with Gasteiger partial charge in [0.1, 0.15) is 0 Å². The molecule has 21 heavy (non-hydrogen) atoms. The van der Waals surface area contributed by atoms with Gasteiger partial charge in [0, 0.05) is 24.8 Å². The molecule has 0 bridgehead atoms. The summed E-state index contributed by atoms with van der Waals surface area (Å²) in [5, 5.41) is 8.90. The number of carbonyl (C=O) groups is 1. The molecule has 2 rings (SSSR count). The highest BCUT2D eigenvalue weighted by Crippen LogP contribution is 2.15. The van der Waals surface area contributed by atoms with E-state index in [1.807, 2.05) is 19.1 Å². The zero-order valence-electron chi connectivity index (χ0n) is 12.1. The second kappa shape index (κ2) is 6.10. The maximum Gasteiger partial charge on any atom is 0.253 e. The van der Waals surface area contributed by atoms with Gasteiger partial charge < -0.3 is 10.6 Å². The third-order valence-corrected chi connectivity index (χ3v) is 3.34. The van der Waals surface area contributed by atoms with Gasteiger partial charge in [-0.25, -0.2) is 0 Å². The molecule has 1 amide bonds. The van der Waals surface area contributed by atoms with Crippen molar-refractivity contribution in [2.24, 2.45) is 0 Å². The lowest BCUT2D eigenvalue weighted by atomic mass is 10.1. The molecular weight excluding hydrogens is 262 g/mol. The molecule has 0 fully saturated rings. The number of nitrogens with two attached hydrogens (primary N) is 1. The molecule has 4 nitrogen and oxygen atoms in total. The van der Waals surface area contributed by atoms with Gasteiger partial charge in [-0.05, 0) is 48.4 Å². The van der Waals surface area contributed by atoms with Crippen LogP contribution < -0.4 is 5.73 Å². The van der Waals surface area contributed by atoms with E-state index in [4.69, 9.17) is 11.0 Å². The van der Waals surface area contributed by atoms with Crippen molar-refractivity contribution in [1.82, 2.24) is 4.90 Å². The fourth-order valence-corrected chi connectivity index (χ4v) is 2.11. The summed E-state index contributed by atoms with van der Waals surface area (Å²) in [5.41, 5.74) is 9.46. The summed E-state index contributed by atoms with van der Waals surface area (Å²) in [4.78, 5) is 14.0. The molecule has 0 aliphatic rings. The minimum absolute atomic E-state index is 0.0690. The number of nitrogens with zero attached hydrogens (tertiary/aromatic N) is 2. The quantitative estimate of drug-likeness (QED) is 0.878. The average Bonchev–Trinajstić information content (AvgIpc) is 2.49. The Bertz CT molecular complexity index is 716. The highest BCUT2D eigenvalue weighted by molar-refractivity contribution is 5.94. The number of carbonyl (C=O) groups excluding carboxylic acids is 1. The molecule has 2 aromatic carbocycles. The number of hydrogen-bond acceptors (Lipinski definition) is 3. The topological polar surface area (TPSA) is 70.1 Å². The van der Waals surface area contributed by atoms with Crippen molar-refractivity contribution < 1.29 is 4.79 Å². The van der Waals surface area contributed by atoms with Crippen LogP contribution in [-0.4, -0.2) is 17.9 Å². The fraction of sp³-hybridized carbons (Fsp3) is 0.176. The number of nitriles is 1. The lowest BCUT2D eigenvalue weighted by molar-refractivity contribution is 0.0785. The van der Waals surface area contributed by atoms with E-state index in [0.717, 1.165) is 11.1 Å². The van der Waals surface area contributed by atoms with Crippen molar-refractivity contribution in [1.29, 1.82) is 5.26 Å². The predicted octanol–water partition coefficient (Wildman–Crippen LogP) is 2.72. The summed E-state index contributed by atoms with van der Waals surface area (Å²) in [6, 6.07) is 14.6. The van der Waals surface area contributed by atoms with E-state index >= 15 is 0 Å². The van der Waals surface area contributed by atoms with Crippen LogP contribution in [0.1, 0.15) is 27.0 Å². The molecule has 2 aromatic rings. The Kier molecular flexibility index (Phi) is 4.24. The monoisotopic (exact) mass is 279 g/mol. The number of amides is 1. The Labute approximate surface area is 124 Å². The number of rotatable bonds is 3. The molecule has 0 unspecified atom stereocenters. The molecule has 4 heteroatoms. The molecule has 0 aliphatic heterocycles. The molecular formula is C17H17N3O. The molecule has 0 spiro atoms. The predicted molar refractivity (Wildman–Crippen MR) is 82.5 cm³/mol. The van der Waals surface area contributed by atoms with Crippen LogP contribution in [0.15, 0.2) is 42.5 Å². The number of benzene rings is 2. The maximum atomic E-state index is 12.4. The second-order valence-electron chi connectivity index (χ2n) is 5.04. The van der Waals surface area contributed by atoms with Crippen molar-refractivity contribution >= 4 is 11.6 Å². The van der Waals surface area contributed by atoms with Crippen molar-refractivity contribution in [3.63, 3.8) is 0 Å². The Morgan fingerprint density at radius 2 is 2.05 bits per heavy atom. The van der Waals surface area contributed by atoms with E-state index in [1.165, 1.54) is 0 Å². The summed E-state index contributed by atoms with van der Waals surface area (Å²) < 4.78 is 0. The van der Waals surface area contributed by atoms with Crippen LogP contribution in [0, 0.1) is 18.3 Å². The highest BCUT2D eigenvalue weighted by Gasteiger charge is 2.13. The molecule has 106 valence electrons. The summed E-state index contributed by atoms with van der Waals surface area (Å²) >= 11 is 0. The minimum atomic E-state index is -0.0690. The summed E-state index contributed by atoms with van der Waals surface area (Å²) in [6.45, 7) is 2.33. The fourth-order valence-electron chi connectivity index (χ4n) is 2.11. The molecule has 0 saturated carbocycles. The van der Waals surface area contributed by atoms with Crippen LogP contribution in [-0.2, 0) is 6.54 Å². The van der Waals surface area contributed by atoms with Crippen molar-refractivity contribution in [2.45, 2.75) is 13.5 Å². The van der Waals surface area contributed by atoms with Crippen LogP contribution in [0.25, 0.3) is 0 Å². The number of nitrogen functional groups attached to an aromatic ring is 1. The summed E-state index contributed by atoms with van der Waals surface area (Å²) in [7, 11) is 1.74. The van der Waals surface area contributed by atoms with Gasteiger partial charge in [0.15, 0.2) is 0 Å². The average molecular weight is 279 g/mol. The molecule has 0 aliphatic carbocycles. The zero-order chi connectivity index (χ0) is 15.4. The van der Waals surface area contributed by atoms with E-state index < -0.39 is 0 Å². The highest BCUT2D eigenvalue weighted by atomic mass is 16.2. The normalized spacial score (nSPS) is 9.95. The summed E-state index contributed by atoms with van der Waals surface area (Å²) in [6.07, 6.45) is 0. The standard InChI is InChI=1S/C17H17N3O/c1-12-8-15(6-7-16(12)19)17(21)20(2)11-14-5-3-4-13(9-14)10-18/h3-9H,11,19H2,1-2H3. The van der Waals surface area contributed by atoms with Gasteiger partial charge in [-0.15, -0.1) is 0 Å². The van der Waals surface area contributed by atoms with E-state index in [-0.39, 0.29) is 5.91 Å². The first-order valence-corrected chi connectivity index (χ1v) is 6.62. The van der Waals surface area contributed by atoms with Crippen molar-refractivity contribution in [2.75, 3.05) is 12.8 Å². The Hall–Kier alpha value is -2.80. The smallest absolute Gasteiger partial charge is 0.253 e. The lowest BCUT2D eigenvalue weighted by Crippen LogP contribution is -2.26. The number of anilines is 1. The Morgan fingerprint density at radius 1 is 1.29 bits per heavy atom. The maximum absolute atomic E-state index is 12.4. The van der Waals surface area contributed by atoms with Crippen molar-refractivity contribution in [3.8, 4) is 6.07 Å². The Balaban J connectivity index is 2.15. The number of hydrogen-bond donors (Lipinski definition) is 1. The third-order valence-electron chi connectivity index (χ3n) is 3.34. The Morgan fingerprint density at radius 3 is 2.71 bits per heavy atom. The van der Waals surface area contributed by atoms with Gasteiger partial charge in [-0.2, -0.15) is 5.26 Å². The molecule has 0 heterocycles. The van der Waals surface area contributed by atoms with Gasteiger partial charge in [0.25, 0.3) is 5.91 Å². The van der Waals surface area contributed by atoms with Crippen molar-refractivity contribution in [3.05, 3.63) is 64.7 Å². The van der Waals surface area contributed by atoms with Gasteiger partial charge in [-0.1, -0.05) is 12.1 Å². The van der Waals surface area contributed by atoms with E-state index in [9.17, 15) is 4.79 Å². The van der Waals surface area contributed by atoms with Crippen LogP contribution >= 0.6 is 0 Å². The molecule has 0 radical (unpaired) electrons. The van der Waals surface area contributed by atoms with Crippen LogP contribution in [0.5, 0.6) is 0 Å². The van der Waals surface area contributed by atoms with Gasteiger partial charge in [0.05, 0.1) is 11.6 Å².